The van der Waals surface area contributed by atoms with Crippen molar-refractivity contribution in [1.82, 2.24) is 5.32 Å². The Labute approximate surface area is 245 Å². The fraction of sp³-hybridized carbons (Fsp3) is 0.700. The van der Waals surface area contributed by atoms with Crippen LogP contribution in [0.5, 0.6) is 17.2 Å². The number of nitrogens with one attached hydrogen (secondary N) is 1. The molecule has 40 heavy (non-hydrogen) atoms. The maximum atomic E-state index is 14.7. The second-order valence-electron chi connectivity index (χ2n) is 11.9. The van der Waals surface area contributed by atoms with Gasteiger partial charge in [0.05, 0.1) is 21.3 Å². The summed E-state index contributed by atoms with van der Waals surface area (Å²) in [6.07, 6.45) is 4.28. The van der Waals surface area contributed by atoms with Crippen molar-refractivity contribution in [3.8, 4) is 17.2 Å². The summed E-state index contributed by atoms with van der Waals surface area (Å²) in [6.45, 7) is 6.38. The van der Waals surface area contributed by atoms with E-state index in [1.807, 2.05) is 18.7 Å². The first-order valence-corrected chi connectivity index (χ1v) is 15.7. The summed E-state index contributed by atoms with van der Waals surface area (Å²) in [5.74, 6) is 0.508. The van der Waals surface area contributed by atoms with Crippen LogP contribution in [-0.4, -0.2) is 67.6 Å². The Morgan fingerprint density at radius 2 is 1.93 bits per heavy atom. The van der Waals surface area contributed by atoms with E-state index in [1.54, 1.807) is 6.07 Å². The number of hydrogen-bond donors (Lipinski definition) is 1. The van der Waals surface area contributed by atoms with E-state index in [-0.39, 0.29) is 51.7 Å². The number of Topliss-reactive ketones (excluding diaryl/α,β-unsaturated/α-hetero) is 2. The summed E-state index contributed by atoms with van der Waals surface area (Å²) >= 11 is 8.60. The van der Waals surface area contributed by atoms with E-state index < -0.39 is 29.3 Å². The van der Waals surface area contributed by atoms with Gasteiger partial charge in [-0.1, -0.05) is 38.8 Å². The molecular weight excluding hydrogens is 554 g/mol. The molecule has 1 aromatic rings. The Kier molecular flexibility index (Phi) is 8.39. The van der Waals surface area contributed by atoms with Crippen LogP contribution in [0.1, 0.15) is 63.2 Å². The molecule has 4 aliphatic rings. The fourth-order valence-corrected chi connectivity index (χ4v) is 9.66. The molecule has 3 heterocycles. The van der Waals surface area contributed by atoms with E-state index in [1.165, 1.54) is 27.8 Å². The molecule has 1 aliphatic carbocycles. The number of carbonyl (C=O) groups excluding carboxylic acids is 3. The minimum absolute atomic E-state index is 0.0782. The zero-order chi connectivity index (χ0) is 28.9. The molecule has 220 valence electrons. The largest absolute Gasteiger partial charge is 0.496 e. The SMILES string of the molecule is CCCC(C)C1CC(C2CC(C(=O)OC)NC3C[C@@H](C)[C@]4(Oc5c(Cl)c(OC)cc(OC)c5C4=O)C(=O)C32)CS1. The molecule has 1 N–H and O–H groups in total. The first kappa shape index (κ1) is 29.5. The maximum Gasteiger partial charge on any atom is 0.322 e. The number of methoxy groups -OCH3 is 3. The summed E-state index contributed by atoms with van der Waals surface area (Å²) in [6, 6.07) is 0.806. The van der Waals surface area contributed by atoms with Gasteiger partial charge in [0.1, 0.15) is 28.1 Å². The molecule has 7 unspecified atom stereocenters. The molecule has 1 spiro atoms. The van der Waals surface area contributed by atoms with Gasteiger partial charge in [-0.05, 0) is 49.2 Å². The zero-order valence-electron chi connectivity index (χ0n) is 24.1. The van der Waals surface area contributed by atoms with Crippen molar-refractivity contribution in [2.75, 3.05) is 27.1 Å². The molecule has 3 aliphatic heterocycles. The van der Waals surface area contributed by atoms with E-state index in [4.69, 9.17) is 30.5 Å². The third-order valence-electron chi connectivity index (χ3n) is 9.74. The standard InChI is InChI=1S/C30H40ClNO7S/c1-7-8-14(2)22-10-16(13-40-22)17-11-19(29(35)38-6)32-18-9-15(3)30(27(33)23(17)18)28(34)24-20(36-4)12-21(37-5)25(31)26(24)39-30/h12,14-19,22-23,32H,7-11,13H2,1-6H3/t14?,15-,16?,17?,18?,19?,22?,23?,30+/m1/s1. The number of thioether (sulfide) groups is 1. The molecule has 0 aromatic heterocycles. The van der Waals surface area contributed by atoms with Gasteiger partial charge >= 0.3 is 5.97 Å². The Hall–Kier alpha value is -1.97. The molecule has 3 fully saturated rings. The van der Waals surface area contributed by atoms with Gasteiger partial charge < -0.3 is 24.3 Å². The van der Waals surface area contributed by atoms with Gasteiger partial charge in [0.15, 0.2) is 11.5 Å². The van der Waals surface area contributed by atoms with Crippen molar-refractivity contribution in [2.45, 2.75) is 75.8 Å². The van der Waals surface area contributed by atoms with Gasteiger partial charge in [-0.3, -0.25) is 14.4 Å². The molecule has 1 saturated carbocycles. The number of piperidine rings is 1. The van der Waals surface area contributed by atoms with Crippen LogP contribution in [0.25, 0.3) is 0 Å². The number of hydrogen-bond acceptors (Lipinski definition) is 9. The summed E-state index contributed by atoms with van der Waals surface area (Å²) in [7, 11) is 4.34. The van der Waals surface area contributed by atoms with Crippen molar-refractivity contribution in [3.63, 3.8) is 0 Å². The predicted octanol–water partition coefficient (Wildman–Crippen LogP) is 4.97. The second-order valence-corrected chi connectivity index (χ2v) is 13.5. The number of esters is 1. The molecule has 9 atom stereocenters. The quantitative estimate of drug-likeness (QED) is 0.347. The molecule has 0 radical (unpaired) electrons. The third-order valence-corrected chi connectivity index (χ3v) is 11.8. The fourth-order valence-electron chi connectivity index (χ4n) is 7.67. The molecule has 5 rings (SSSR count). The van der Waals surface area contributed by atoms with Crippen molar-refractivity contribution in [3.05, 3.63) is 16.7 Å². The highest BCUT2D eigenvalue weighted by atomic mass is 35.5. The van der Waals surface area contributed by atoms with E-state index in [9.17, 15) is 14.4 Å². The van der Waals surface area contributed by atoms with Crippen molar-refractivity contribution < 1.29 is 33.3 Å². The highest BCUT2D eigenvalue weighted by Crippen LogP contribution is 2.56. The molecule has 10 heteroatoms. The van der Waals surface area contributed by atoms with Crippen molar-refractivity contribution in [2.24, 2.45) is 29.6 Å². The first-order chi connectivity index (χ1) is 19.1. The van der Waals surface area contributed by atoms with Crippen molar-refractivity contribution >= 4 is 40.9 Å². The number of rotatable bonds is 7. The number of ketones is 2. The lowest BCUT2D eigenvalue weighted by atomic mass is 9.58. The normalized spacial score (nSPS) is 35.6. The average Bonchev–Trinajstić information content (AvgIpc) is 3.56. The average molecular weight is 594 g/mol. The topological polar surface area (TPSA) is 100 Å². The van der Waals surface area contributed by atoms with Crippen LogP contribution in [0.2, 0.25) is 5.02 Å². The number of carbonyl (C=O) groups is 3. The first-order valence-electron chi connectivity index (χ1n) is 14.3. The zero-order valence-corrected chi connectivity index (χ0v) is 25.7. The Balaban J connectivity index is 1.53. The smallest absolute Gasteiger partial charge is 0.322 e. The third kappa shape index (κ3) is 4.51. The predicted molar refractivity (Wildman–Crippen MR) is 154 cm³/mol. The van der Waals surface area contributed by atoms with Crippen LogP contribution < -0.4 is 19.5 Å². The summed E-state index contributed by atoms with van der Waals surface area (Å²) in [5.41, 5.74) is -1.52. The lowest BCUT2D eigenvalue weighted by Crippen LogP contribution is -2.69. The molecule has 2 saturated heterocycles. The molecule has 0 bridgehead atoms. The number of benzene rings is 1. The van der Waals surface area contributed by atoms with E-state index >= 15 is 0 Å². The van der Waals surface area contributed by atoms with Gasteiger partial charge in [0.25, 0.3) is 0 Å². The van der Waals surface area contributed by atoms with Crippen LogP contribution in [0.15, 0.2) is 6.07 Å². The summed E-state index contributed by atoms with van der Waals surface area (Å²) in [4.78, 5) is 41.7. The molecule has 1 aromatic carbocycles. The molecule has 0 amide bonds. The van der Waals surface area contributed by atoms with Crippen LogP contribution in [0.4, 0.5) is 0 Å². The minimum Gasteiger partial charge on any atom is -0.496 e. The lowest BCUT2D eigenvalue weighted by Gasteiger charge is -2.51. The summed E-state index contributed by atoms with van der Waals surface area (Å²) < 4.78 is 22.5. The van der Waals surface area contributed by atoms with Crippen LogP contribution in [0, 0.1) is 29.6 Å². The Morgan fingerprint density at radius 1 is 1.20 bits per heavy atom. The van der Waals surface area contributed by atoms with Gasteiger partial charge in [0.2, 0.25) is 11.4 Å². The number of fused-ring (bicyclic) bond motifs is 2. The van der Waals surface area contributed by atoms with Gasteiger partial charge in [0, 0.05) is 29.2 Å². The molecular formula is C30H40ClNO7S. The lowest BCUT2D eigenvalue weighted by molar-refractivity contribution is -0.155. The monoisotopic (exact) mass is 593 g/mol. The van der Waals surface area contributed by atoms with Crippen LogP contribution in [-0.2, 0) is 14.3 Å². The van der Waals surface area contributed by atoms with Crippen molar-refractivity contribution in [1.29, 1.82) is 0 Å². The molecule has 8 nitrogen and oxygen atoms in total. The Bertz CT molecular complexity index is 1190. The van der Waals surface area contributed by atoms with Crippen LogP contribution >= 0.6 is 23.4 Å². The minimum atomic E-state index is -1.70. The van der Waals surface area contributed by atoms with E-state index in [0.717, 1.165) is 18.6 Å². The van der Waals surface area contributed by atoms with E-state index in [2.05, 4.69) is 19.2 Å². The number of ether oxygens (including phenoxy) is 4. The van der Waals surface area contributed by atoms with E-state index in [0.29, 0.717) is 29.8 Å². The Morgan fingerprint density at radius 3 is 2.58 bits per heavy atom. The van der Waals surface area contributed by atoms with Gasteiger partial charge in [-0.15, -0.1) is 0 Å². The second kappa shape index (κ2) is 11.4. The maximum absolute atomic E-state index is 14.7. The van der Waals surface area contributed by atoms with Crippen LogP contribution in [0.3, 0.4) is 0 Å². The number of halogens is 1. The van der Waals surface area contributed by atoms with Gasteiger partial charge in [-0.2, -0.15) is 11.8 Å². The highest BCUT2D eigenvalue weighted by Gasteiger charge is 2.67. The highest BCUT2D eigenvalue weighted by molar-refractivity contribution is 8.00. The summed E-state index contributed by atoms with van der Waals surface area (Å²) in [5, 5.41) is 4.10. The van der Waals surface area contributed by atoms with Gasteiger partial charge in [-0.25, -0.2) is 0 Å².